The third-order valence-corrected chi connectivity index (χ3v) is 6.78. The van der Waals surface area contributed by atoms with E-state index in [9.17, 15) is 0 Å². The summed E-state index contributed by atoms with van der Waals surface area (Å²) in [5, 5.41) is 0. The molecule has 3 atom stereocenters. The number of fused-ring (bicyclic) bond motifs is 2. The lowest BCUT2D eigenvalue weighted by Crippen LogP contribution is -2.35. The minimum atomic E-state index is 0.613. The molecule has 0 aliphatic heterocycles. The number of hydrogen-bond acceptors (Lipinski definition) is 0. The van der Waals surface area contributed by atoms with Crippen LogP contribution in [0.25, 0.3) is 0 Å². The quantitative estimate of drug-likeness (QED) is 0.583. The van der Waals surface area contributed by atoms with E-state index in [1.807, 2.05) is 5.92 Å². The largest absolute Gasteiger partial charge is 0.0591 e. The van der Waals surface area contributed by atoms with Gasteiger partial charge in [0.25, 0.3) is 0 Å². The first-order chi connectivity index (χ1) is 7.56. The van der Waals surface area contributed by atoms with E-state index >= 15 is 0 Å². The first-order valence-corrected chi connectivity index (χ1v) is 7.40. The zero-order valence-corrected chi connectivity index (χ0v) is 11.3. The second-order valence-electron chi connectivity index (χ2n) is 7.38. The maximum atomic E-state index is 2.60. The van der Waals surface area contributed by atoms with Crippen LogP contribution in [0.2, 0.25) is 0 Å². The molecule has 0 N–H and O–H groups in total. The molecule has 16 heavy (non-hydrogen) atoms. The van der Waals surface area contributed by atoms with Gasteiger partial charge in [0.05, 0.1) is 0 Å². The van der Waals surface area contributed by atoms with Crippen LogP contribution < -0.4 is 0 Å². The molecule has 3 rings (SSSR count). The summed E-state index contributed by atoms with van der Waals surface area (Å²) in [6, 6.07) is 0. The zero-order valence-electron chi connectivity index (χ0n) is 11.3. The van der Waals surface area contributed by atoms with E-state index in [0.717, 1.165) is 11.8 Å². The predicted molar refractivity (Wildman–Crippen MR) is 69.0 cm³/mol. The van der Waals surface area contributed by atoms with Gasteiger partial charge in [-0.3, -0.25) is 0 Å². The van der Waals surface area contributed by atoms with Crippen molar-refractivity contribution in [1.82, 2.24) is 0 Å². The van der Waals surface area contributed by atoms with Crippen LogP contribution in [0.5, 0.6) is 0 Å². The molecule has 3 fully saturated rings. The predicted octanol–water partition coefficient (Wildman–Crippen LogP) is 4.99. The van der Waals surface area contributed by atoms with Crippen molar-refractivity contribution in [3.05, 3.63) is 5.92 Å². The van der Waals surface area contributed by atoms with E-state index in [-0.39, 0.29) is 0 Å². The second kappa shape index (κ2) is 3.50. The van der Waals surface area contributed by atoms with Gasteiger partial charge in [0.1, 0.15) is 0 Å². The summed E-state index contributed by atoms with van der Waals surface area (Å²) in [6.07, 6.45) is 11.9. The van der Waals surface area contributed by atoms with Gasteiger partial charge in [0, 0.05) is 0 Å². The van der Waals surface area contributed by atoms with E-state index in [2.05, 4.69) is 20.8 Å². The van der Waals surface area contributed by atoms with Crippen molar-refractivity contribution in [3.63, 3.8) is 0 Å². The summed E-state index contributed by atoms with van der Waals surface area (Å²) in [7, 11) is 0. The summed E-state index contributed by atoms with van der Waals surface area (Å²) < 4.78 is 0. The van der Waals surface area contributed by atoms with E-state index in [4.69, 9.17) is 0 Å². The van der Waals surface area contributed by atoms with E-state index in [0.29, 0.717) is 10.8 Å². The van der Waals surface area contributed by atoms with Crippen LogP contribution in [0.15, 0.2) is 0 Å². The van der Waals surface area contributed by atoms with Crippen LogP contribution in [-0.2, 0) is 0 Å². The van der Waals surface area contributed by atoms with Crippen molar-refractivity contribution < 1.29 is 0 Å². The normalized spacial score (nSPS) is 47.4. The Balaban J connectivity index is 1.83. The smallest absolute Gasteiger partial charge is 0.0204 e. The van der Waals surface area contributed by atoms with Crippen LogP contribution in [0, 0.1) is 28.6 Å². The van der Waals surface area contributed by atoms with Crippen molar-refractivity contribution >= 4 is 0 Å². The summed E-state index contributed by atoms with van der Waals surface area (Å²) in [4.78, 5) is 0. The Morgan fingerprint density at radius 2 is 1.69 bits per heavy atom. The molecule has 3 saturated carbocycles. The number of rotatable bonds is 1. The maximum Gasteiger partial charge on any atom is -0.0204 e. The molecule has 0 saturated heterocycles. The SMILES string of the molecule is CC1(C)C2CCC1(C)C([C]1CCCCC1)C2. The van der Waals surface area contributed by atoms with Gasteiger partial charge in [0.15, 0.2) is 0 Å². The van der Waals surface area contributed by atoms with Crippen LogP contribution in [-0.4, -0.2) is 0 Å². The molecule has 3 aliphatic rings. The third-order valence-electron chi connectivity index (χ3n) is 6.78. The molecule has 0 amide bonds. The van der Waals surface area contributed by atoms with Gasteiger partial charge in [-0.15, -0.1) is 0 Å². The van der Waals surface area contributed by atoms with Crippen molar-refractivity contribution in [3.8, 4) is 0 Å². The maximum absolute atomic E-state index is 2.60. The van der Waals surface area contributed by atoms with E-state index in [1.54, 1.807) is 0 Å². The Labute approximate surface area is 101 Å². The minimum absolute atomic E-state index is 0.613. The topological polar surface area (TPSA) is 0 Å². The van der Waals surface area contributed by atoms with Crippen LogP contribution in [0.3, 0.4) is 0 Å². The molecule has 0 heterocycles. The Morgan fingerprint density at radius 1 is 1.00 bits per heavy atom. The lowest BCUT2D eigenvalue weighted by atomic mass is 9.61. The molecule has 0 aromatic rings. The fourth-order valence-electron chi connectivity index (χ4n) is 5.18. The third kappa shape index (κ3) is 1.28. The Bertz CT molecular complexity index is 272. The average molecular weight is 219 g/mol. The van der Waals surface area contributed by atoms with E-state index in [1.165, 1.54) is 51.4 Å². The van der Waals surface area contributed by atoms with Crippen LogP contribution in [0.1, 0.15) is 72.1 Å². The monoisotopic (exact) mass is 219 g/mol. The van der Waals surface area contributed by atoms with Crippen LogP contribution >= 0.6 is 0 Å². The highest BCUT2D eigenvalue weighted by Gasteiger charge is 2.62. The second-order valence-corrected chi connectivity index (χ2v) is 7.38. The molecule has 2 bridgehead atoms. The molecule has 1 radical (unpaired) electrons. The Hall–Kier alpha value is 0. The van der Waals surface area contributed by atoms with Crippen molar-refractivity contribution in [2.45, 2.75) is 72.1 Å². The lowest BCUT2D eigenvalue weighted by Gasteiger charge is -2.43. The van der Waals surface area contributed by atoms with Crippen molar-refractivity contribution in [2.24, 2.45) is 22.7 Å². The van der Waals surface area contributed by atoms with E-state index < -0.39 is 0 Å². The highest BCUT2D eigenvalue weighted by atomic mass is 14.7. The number of hydrogen-bond donors (Lipinski definition) is 0. The molecule has 0 aromatic carbocycles. The van der Waals surface area contributed by atoms with Gasteiger partial charge < -0.3 is 0 Å². The van der Waals surface area contributed by atoms with Gasteiger partial charge in [-0.1, -0.05) is 40.0 Å². The summed E-state index contributed by atoms with van der Waals surface area (Å²) in [5.41, 5.74) is 1.26. The lowest BCUT2D eigenvalue weighted by molar-refractivity contribution is 0.101. The fraction of sp³-hybridized carbons (Fsp3) is 0.938. The van der Waals surface area contributed by atoms with Gasteiger partial charge in [0.2, 0.25) is 0 Å². The van der Waals surface area contributed by atoms with Crippen LogP contribution in [0.4, 0.5) is 0 Å². The standard InChI is InChI=1S/C16H27/c1-15(2)13-9-10-16(15,3)14(11-13)12-7-5-4-6-8-12/h13-14H,4-11H2,1-3H3. The van der Waals surface area contributed by atoms with Gasteiger partial charge in [-0.25, -0.2) is 0 Å². The molecule has 0 aromatic heterocycles. The van der Waals surface area contributed by atoms with Crippen molar-refractivity contribution in [2.75, 3.05) is 0 Å². The summed E-state index contributed by atoms with van der Waals surface area (Å²) in [5.74, 6) is 3.97. The molecular weight excluding hydrogens is 192 g/mol. The van der Waals surface area contributed by atoms with Gasteiger partial charge >= 0.3 is 0 Å². The summed E-state index contributed by atoms with van der Waals surface area (Å²) >= 11 is 0. The minimum Gasteiger partial charge on any atom is -0.0591 e. The molecule has 0 nitrogen and oxygen atoms in total. The molecule has 91 valence electrons. The molecule has 3 aliphatic carbocycles. The molecule has 0 spiro atoms. The Morgan fingerprint density at radius 3 is 2.19 bits per heavy atom. The highest BCUT2D eigenvalue weighted by Crippen LogP contribution is 2.70. The summed E-state index contributed by atoms with van der Waals surface area (Å²) in [6.45, 7) is 7.70. The molecule has 3 unspecified atom stereocenters. The zero-order chi connectivity index (χ0) is 11.4. The average Bonchev–Trinajstić information content (AvgIpc) is 2.62. The molecule has 0 heteroatoms. The highest BCUT2D eigenvalue weighted by molar-refractivity contribution is 5.18. The first kappa shape index (κ1) is 11.1. The fourth-order valence-corrected chi connectivity index (χ4v) is 5.18. The van der Waals surface area contributed by atoms with Gasteiger partial charge in [-0.05, 0) is 60.7 Å². The molecular formula is C16H27. The Kier molecular flexibility index (Phi) is 2.43. The first-order valence-electron chi connectivity index (χ1n) is 7.40. The van der Waals surface area contributed by atoms with Crippen molar-refractivity contribution in [1.29, 1.82) is 0 Å². The van der Waals surface area contributed by atoms with Gasteiger partial charge in [-0.2, -0.15) is 0 Å².